The van der Waals surface area contributed by atoms with Gasteiger partial charge in [-0.2, -0.15) is 0 Å². The van der Waals surface area contributed by atoms with Gasteiger partial charge in [0.2, 0.25) is 0 Å². The van der Waals surface area contributed by atoms with Crippen molar-refractivity contribution in [3.63, 3.8) is 0 Å². The standard InChI is InChI=1S/C19H33NO/c1-2-3-4-5-6-7-8-9-10-13-16-21-19-15-12-11-14-18(19)17-20/h11-12,14-15H,2-10,13,16-17,20H2,1H3. The fourth-order valence-corrected chi connectivity index (χ4v) is 2.58. The quantitative estimate of drug-likeness (QED) is 0.491. The van der Waals surface area contributed by atoms with E-state index in [9.17, 15) is 0 Å². The Labute approximate surface area is 131 Å². The highest BCUT2D eigenvalue weighted by Crippen LogP contribution is 2.17. The molecule has 0 amide bonds. The second-order valence-electron chi connectivity index (χ2n) is 5.84. The molecular weight excluding hydrogens is 258 g/mol. The molecule has 21 heavy (non-hydrogen) atoms. The van der Waals surface area contributed by atoms with Gasteiger partial charge in [-0.15, -0.1) is 0 Å². The zero-order valence-corrected chi connectivity index (χ0v) is 13.8. The second-order valence-corrected chi connectivity index (χ2v) is 5.84. The maximum atomic E-state index is 5.82. The smallest absolute Gasteiger partial charge is 0.123 e. The third-order valence-corrected chi connectivity index (χ3v) is 3.95. The molecule has 2 nitrogen and oxygen atoms in total. The van der Waals surface area contributed by atoms with Crippen LogP contribution in [0.4, 0.5) is 0 Å². The Kier molecular flexibility index (Phi) is 10.9. The van der Waals surface area contributed by atoms with E-state index in [1.807, 2.05) is 24.3 Å². The van der Waals surface area contributed by atoms with Gasteiger partial charge in [0.15, 0.2) is 0 Å². The molecule has 0 radical (unpaired) electrons. The first-order valence-electron chi connectivity index (χ1n) is 8.79. The molecule has 120 valence electrons. The van der Waals surface area contributed by atoms with Crippen LogP contribution in [0, 0.1) is 0 Å². The number of ether oxygens (including phenoxy) is 1. The average molecular weight is 291 g/mol. The van der Waals surface area contributed by atoms with Crippen molar-refractivity contribution in [2.45, 2.75) is 77.7 Å². The number of benzene rings is 1. The molecule has 0 spiro atoms. The molecule has 0 saturated heterocycles. The van der Waals surface area contributed by atoms with Crippen LogP contribution in [0.5, 0.6) is 5.75 Å². The maximum absolute atomic E-state index is 5.82. The van der Waals surface area contributed by atoms with E-state index in [1.165, 1.54) is 57.8 Å². The molecule has 0 saturated carbocycles. The van der Waals surface area contributed by atoms with Crippen molar-refractivity contribution in [2.75, 3.05) is 6.61 Å². The summed E-state index contributed by atoms with van der Waals surface area (Å²) < 4.78 is 5.82. The van der Waals surface area contributed by atoms with E-state index in [4.69, 9.17) is 10.5 Å². The third kappa shape index (κ3) is 8.77. The van der Waals surface area contributed by atoms with Crippen LogP contribution < -0.4 is 10.5 Å². The lowest BCUT2D eigenvalue weighted by Crippen LogP contribution is -2.03. The van der Waals surface area contributed by atoms with Crippen LogP contribution in [0.2, 0.25) is 0 Å². The average Bonchev–Trinajstić information content (AvgIpc) is 2.53. The number of para-hydroxylation sites is 1. The summed E-state index contributed by atoms with van der Waals surface area (Å²) in [6, 6.07) is 8.06. The Balaban J connectivity index is 1.93. The van der Waals surface area contributed by atoms with Crippen LogP contribution in [-0.2, 0) is 6.54 Å². The number of hydrogen-bond donors (Lipinski definition) is 1. The van der Waals surface area contributed by atoms with Crippen molar-refractivity contribution in [3.05, 3.63) is 29.8 Å². The zero-order chi connectivity index (χ0) is 15.2. The van der Waals surface area contributed by atoms with E-state index in [1.54, 1.807) is 0 Å². The molecule has 0 unspecified atom stereocenters. The summed E-state index contributed by atoms with van der Waals surface area (Å²) >= 11 is 0. The Morgan fingerprint density at radius 1 is 0.810 bits per heavy atom. The SMILES string of the molecule is CCCCCCCCCCCCOc1ccccc1CN. The lowest BCUT2D eigenvalue weighted by molar-refractivity contribution is 0.301. The van der Waals surface area contributed by atoms with Gasteiger partial charge in [0, 0.05) is 12.1 Å². The molecule has 0 atom stereocenters. The summed E-state index contributed by atoms with van der Waals surface area (Å²) in [5.74, 6) is 0.955. The molecule has 0 fully saturated rings. The molecule has 0 aliphatic heterocycles. The summed E-state index contributed by atoms with van der Waals surface area (Å²) in [7, 11) is 0. The van der Waals surface area contributed by atoms with Crippen molar-refractivity contribution in [2.24, 2.45) is 5.73 Å². The summed E-state index contributed by atoms with van der Waals surface area (Å²) in [5, 5.41) is 0. The first-order chi connectivity index (χ1) is 10.4. The predicted molar refractivity (Wildman–Crippen MR) is 91.7 cm³/mol. The molecule has 1 aromatic rings. The zero-order valence-electron chi connectivity index (χ0n) is 13.8. The Hall–Kier alpha value is -1.02. The van der Waals surface area contributed by atoms with E-state index in [2.05, 4.69) is 6.92 Å². The van der Waals surface area contributed by atoms with Crippen LogP contribution in [-0.4, -0.2) is 6.61 Å². The highest BCUT2D eigenvalue weighted by molar-refractivity contribution is 5.32. The molecule has 1 aromatic carbocycles. The van der Waals surface area contributed by atoms with Crippen LogP contribution in [0.15, 0.2) is 24.3 Å². The lowest BCUT2D eigenvalue weighted by Gasteiger charge is -2.09. The number of nitrogens with two attached hydrogens (primary N) is 1. The summed E-state index contributed by atoms with van der Waals surface area (Å²) in [6.45, 7) is 3.63. The largest absolute Gasteiger partial charge is 0.493 e. The molecule has 1 rings (SSSR count). The molecule has 0 bridgehead atoms. The van der Waals surface area contributed by atoms with Crippen LogP contribution in [0.25, 0.3) is 0 Å². The van der Waals surface area contributed by atoms with Gasteiger partial charge in [0.05, 0.1) is 6.61 Å². The van der Waals surface area contributed by atoms with E-state index in [0.717, 1.165) is 24.3 Å². The molecular formula is C19H33NO. The molecule has 0 aliphatic carbocycles. The Morgan fingerprint density at radius 2 is 1.38 bits per heavy atom. The number of unbranched alkanes of at least 4 members (excludes halogenated alkanes) is 9. The van der Waals surface area contributed by atoms with Crippen molar-refractivity contribution in [3.8, 4) is 5.75 Å². The molecule has 2 heteroatoms. The molecule has 0 heterocycles. The van der Waals surface area contributed by atoms with Gasteiger partial charge in [-0.1, -0.05) is 82.9 Å². The minimum atomic E-state index is 0.550. The van der Waals surface area contributed by atoms with E-state index < -0.39 is 0 Å². The van der Waals surface area contributed by atoms with Gasteiger partial charge in [-0.3, -0.25) is 0 Å². The van der Waals surface area contributed by atoms with Crippen molar-refractivity contribution >= 4 is 0 Å². The van der Waals surface area contributed by atoms with Gasteiger partial charge >= 0.3 is 0 Å². The van der Waals surface area contributed by atoms with Crippen LogP contribution >= 0.6 is 0 Å². The second kappa shape index (κ2) is 12.7. The highest BCUT2D eigenvalue weighted by atomic mass is 16.5. The third-order valence-electron chi connectivity index (χ3n) is 3.95. The first kappa shape index (κ1) is 18.0. The van der Waals surface area contributed by atoms with E-state index in [-0.39, 0.29) is 0 Å². The molecule has 0 aromatic heterocycles. The van der Waals surface area contributed by atoms with Gasteiger partial charge in [-0.05, 0) is 12.5 Å². The van der Waals surface area contributed by atoms with Gasteiger partial charge in [0.1, 0.15) is 5.75 Å². The lowest BCUT2D eigenvalue weighted by atomic mass is 10.1. The monoisotopic (exact) mass is 291 g/mol. The topological polar surface area (TPSA) is 35.2 Å². The normalized spacial score (nSPS) is 10.8. The minimum Gasteiger partial charge on any atom is -0.493 e. The summed E-state index contributed by atoms with van der Waals surface area (Å²) in [4.78, 5) is 0. The maximum Gasteiger partial charge on any atom is 0.123 e. The van der Waals surface area contributed by atoms with Gasteiger partial charge in [0.25, 0.3) is 0 Å². The Bertz CT molecular complexity index is 351. The highest BCUT2D eigenvalue weighted by Gasteiger charge is 2.00. The van der Waals surface area contributed by atoms with Gasteiger partial charge < -0.3 is 10.5 Å². The molecule has 0 aliphatic rings. The van der Waals surface area contributed by atoms with Crippen LogP contribution in [0.1, 0.15) is 76.7 Å². The number of rotatable bonds is 13. The fourth-order valence-electron chi connectivity index (χ4n) is 2.58. The van der Waals surface area contributed by atoms with Crippen LogP contribution in [0.3, 0.4) is 0 Å². The van der Waals surface area contributed by atoms with E-state index in [0.29, 0.717) is 6.54 Å². The first-order valence-corrected chi connectivity index (χ1v) is 8.79. The van der Waals surface area contributed by atoms with Crippen molar-refractivity contribution < 1.29 is 4.74 Å². The summed E-state index contributed by atoms with van der Waals surface area (Å²) in [5.41, 5.74) is 6.80. The van der Waals surface area contributed by atoms with Gasteiger partial charge in [-0.25, -0.2) is 0 Å². The number of hydrogen-bond acceptors (Lipinski definition) is 2. The Morgan fingerprint density at radius 3 is 2.00 bits per heavy atom. The molecule has 2 N–H and O–H groups in total. The minimum absolute atomic E-state index is 0.550. The van der Waals surface area contributed by atoms with E-state index >= 15 is 0 Å². The predicted octanol–water partition coefficient (Wildman–Crippen LogP) is 5.45. The summed E-state index contributed by atoms with van der Waals surface area (Å²) in [6.07, 6.45) is 13.6. The van der Waals surface area contributed by atoms with Crippen molar-refractivity contribution in [1.82, 2.24) is 0 Å². The van der Waals surface area contributed by atoms with Crippen molar-refractivity contribution in [1.29, 1.82) is 0 Å². The fraction of sp³-hybridized carbons (Fsp3) is 0.684.